The van der Waals surface area contributed by atoms with E-state index in [0.717, 1.165) is 11.4 Å². The van der Waals surface area contributed by atoms with Crippen LogP contribution in [0.1, 0.15) is 31.2 Å². The summed E-state index contributed by atoms with van der Waals surface area (Å²) in [6.07, 6.45) is 9.20. The molecular formula is C18H22N3+. The summed E-state index contributed by atoms with van der Waals surface area (Å²) in [5.74, 6) is 0.654. The first kappa shape index (κ1) is 13.9. The average Bonchev–Trinajstić information content (AvgIpc) is 3.01. The molecule has 1 aromatic carbocycles. The summed E-state index contributed by atoms with van der Waals surface area (Å²) in [6.45, 7) is 2.13. The third kappa shape index (κ3) is 3.18. The summed E-state index contributed by atoms with van der Waals surface area (Å²) < 4.78 is 1.91. The Morgan fingerprint density at radius 2 is 2.00 bits per heavy atom. The Labute approximate surface area is 126 Å². The Bertz CT molecular complexity index is 655. The zero-order valence-corrected chi connectivity index (χ0v) is 12.8. The van der Waals surface area contributed by atoms with Gasteiger partial charge in [0.2, 0.25) is 5.69 Å². The van der Waals surface area contributed by atoms with Crippen LogP contribution in [-0.2, 0) is 7.05 Å². The van der Waals surface area contributed by atoms with Crippen LogP contribution in [0.4, 0.5) is 5.69 Å². The Hall–Kier alpha value is -2.03. The third-order valence-electron chi connectivity index (χ3n) is 4.25. The maximum atomic E-state index is 4.64. The summed E-state index contributed by atoms with van der Waals surface area (Å²) in [7, 11) is 1.98. The van der Waals surface area contributed by atoms with Gasteiger partial charge < -0.3 is 0 Å². The lowest BCUT2D eigenvalue weighted by Gasteiger charge is -2.04. The van der Waals surface area contributed by atoms with Gasteiger partial charge in [0.1, 0.15) is 6.20 Å². The fourth-order valence-corrected chi connectivity index (χ4v) is 2.96. The van der Waals surface area contributed by atoms with Crippen LogP contribution in [-0.4, -0.2) is 11.3 Å². The number of rotatable bonds is 3. The second-order valence-electron chi connectivity index (χ2n) is 5.86. The maximum absolute atomic E-state index is 4.64. The second-order valence-corrected chi connectivity index (χ2v) is 5.86. The van der Waals surface area contributed by atoms with Gasteiger partial charge in [0.25, 0.3) is 0 Å². The summed E-state index contributed by atoms with van der Waals surface area (Å²) in [6, 6.07) is 10.5. The molecule has 3 nitrogen and oxygen atoms in total. The van der Waals surface area contributed by atoms with Crippen molar-refractivity contribution in [2.45, 2.75) is 32.6 Å². The van der Waals surface area contributed by atoms with Crippen LogP contribution in [0.5, 0.6) is 0 Å². The van der Waals surface area contributed by atoms with Crippen LogP contribution in [0.15, 0.2) is 41.5 Å². The molecule has 0 amide bonds. The monoisotopic (exact) mass is 280 g/mol. The van der Waals surface area contributed by atoms with Gasteiger partial charge in [-0.2, -0.15) is 0 Å². The Kier molecular flexibility index (Phi) is 4.09. The molecule has 2 aromatic rings. The van der Waals surface area contributed by atoms with Gasteiger partial charge in [-0.15, -0.1) is 0 Å². The van der Waals surface area contributed by atoms with Gasteiger partial charge in [0.15, 0.2) is 7.05 Å². The third-order valence-corrected chi connectivity index (χ3v) is 4.25. The molecule has 0 saturated heterocycles. The van der Waals surface area contributed by atoms with Gasteiger partial charge in [-0.25, -0.2) is 0 Å². The van der Waals surface area contributed by atoms with Crippen molar-refractivity contribution in [1.29, 1.82) is 0 Å². The molecule has 108 valence electrons. The molecule has 1 aromatic heterocycles. The van der Waals surface area contributed by atoms with Gasteiger partial charge >= 0.3 is 0 Å². The number of aromatic nitrogens is 2. The highest BCUT2D eigenvalue weighted by Gasteiger charge is 2.15. The first-order valence-electron chi connectivity index (χ1n) is 7.70. The molecule has 1 aliphatic rings. The number of hydrogen-bond acceptors (Lipinski definition) is 2. The summed E-state index contributed by atoms with van der Waals surface area (Å²) in [4.78, 5) is 4.64. The Morgan fingerprint density at radius 3 is 2.76 bits per heavy atom. The predicted octanol–water partition coefficient (Wildman–Crippen LogP) is 3.77. The maximum Gasteiger partial charge on any atom is 0.241 e. The number of aryl methyl sites for hydroxylation is 2. The molecule has 3 heteroatoms. The molecule has 0 unspecified atom stereocenters. The zero-order chi connectivity index (χ0) is 14.7. The first-order chi connectivity index (χ1) is 10.2. The molecular weight excluding hydrogens is 258 g/mol. The lowest BCUT2D eigenvalue weighted by atomic mass is 10.1. The number of nitrogens with zero attached hydrogens (tertiary/aromatic N) is 3. The second kappa shape index (κ2) is 6.17. The minimum Gasteiger partial charge on any atom is -0.259 e. The van der Waals surface area contributed by atoms with Crippen molar-refractivity contribution in [3.8, 4) is 11.3 Å². The van der Waals surface area contributed by atoms with Crippen molar-refractivity contribution < 1.29 is 4.68 Å². The smallest absolute Gasteiger partial charge is 0.241 e. The fraction of sp³-hybridized carbons (Fsp3) is 0.389. The normalized spacial score (nSPS) is 15.9. The zero-order valence-electron chi connectivity index (χ0n) is 12.8. The highest BCUT2D eigenvalue weighted by Crippen LogP contribution is 2.25. The van der Waals surface area contributed by atoms with Gasteiger partial charge in [0, 0.05) is 12.3 Å². The average molecular weight is 280 g/mol. The van der Waals surface area contributed by atoms with Crippen molar-refractivity contribution >= 4 is 11.9 Å². The van der Waals surface area contributed by atoms with Crippen molar-refractivity contribution in [1.82, 2.24) is 5.10 Å². The predicted molar refractivity (Wildman–Crippen MR) is 85.7 cm³/mol. The molecule has 0 aliphatic heterocycles. The van der Waals surface area contributed by atoms with E-state index in [9.17, 15) is 0 Å². The van der Waals surface area contributed by atoms with Crippen molar-refractivity contribution in [3.63, 3.8) is 0 Å². The van der Waals surface area contributed by atoms with E-state index < -0.39 is 0 Å². The van der Waals surface area contributed by atoms with Gasteiger partial charge in [-0.3, -0.25) is 4.99 Å². The van der Waals surface area contributed by atoms with Crippen LogP contribution in [0.2, 0.25) is 0 Å². The van der Waals surface area contributed by atoms with E-state index in [2.05, 4.69) is 53.6 Å². The van der Waals surface area contributed by atoms with Crippen LogP contribution in [0.3, 0.4) is 0 Å². The van der Waals surface area contributed by atoms with Gasteiger partial charge in [-0.1, -0.05) is 35.7 Å². The molecule has 0 bridgehead atoms. The lowest BCUT2D eigenvalue weighted by molar-refractivity contribution is -0.720. The van der Waals surface area contributed by atoms with E-state index in [-0.39, 0.29) is 0 Å². The van der Waals surface area contributed by atoms with E-state index in [1.54, 1.807) is 0 Å². The topological polar surface area (TPSA) is 29.1 Å². The molecule has 0 atom stereocenters. The van der Waals surface area contributed by atoms with Crippen molar-refractivity contribution in [2.75, 3.05) is 0 Å². The number of aliphatic imine (C=N–C) groups is 1. The van der Waals surface area contributed by atoms with Crippen molar-refractivity contribution in [2.24, 2.45) is 18.0 Å². The largest absolute Gasteiger partial charge is 0.259 e. The lowest BCUT2D eigenvalue weighted by Crippen LogP contribution is -2.35. The summed E-state index contributed by atoms with van der Waals surface area (Å²) in [5, 5.41) is 4.44. The highest BCUT2D eigenvalue weighted by atomic mass is 15.2. The van der Waals surface area contributed by atoms with Crippen LogP contribution in [0, 0.1) is 12.8 Å². The standard InChI is InChI=1S/C18H22N3/c1-14-7-3-6-10-17(14)18-11-16(13-20-21(18)2)19-12-15-8-4-5-9-15/h3,6-7,10-13,15H,4-5,8-9H2,1-2H3/q+1. The number of benzene rings is 1. The van der Waals surface area contributed by atoms with Gasteiger partial charge in [-0.05, 0) is 42.4 Å². The molecule has 3 rings (SSSR count). The number of hydrogen-bond donors (Lipinski definition) is 0. The molecule has 1 aliphatic carbocycles. The SMILES string of the molecule is Cc1ccccc1-c1cc(N=CC2CCCC2)cn[n+]1C. The molecule has 1 fully saturated rings. The quantitative estimate of drug-likeness (QED) is 0.621. The minimum absolute atomic E-state index is 0.654. The molecule has 1 heterocycles. The highest BCUT2D eigenvalue weighted by molar-refractivity contribution is 5.68. The Balaban J connectivity index is 1.91. The van der Waals surface area contributed by atoms with Crippen LogP contribution < -0.4 is 4.68 Å². The van der Waals surface area contributed by atoms with E-state index in [4.69, 9.17) is 0 Å². The molecule has 0 radical (unpaired) electrons. The Morgan fingerprint density at radius 1 is 1.24 bits per heavy atom. The first-order valence-corrected chi connectivity index (χ1v) is 7.70. The van der Waals surface area contributed by atoms with E-state index in [0.29, 0.717) is 5.92 Å². The minimum atomic E-state index is 0.654. The van der Waals surface area contributed by atoms with Crippen LogP contribution >= 0.6 is 0 Å². The summed E-state index contributed by atoms with van der Waals surface area (Å²) >= 11 is 0. The van der Waals surface area contributed by atoms with Crippen molar-refractivity contribution in [3.05, 3.63) is 42.1 Å². The molecule has 1 saturated carbocycles. The van der Waals surface area contributed by atoms with E-state index in [1.165, 1.54) is 36.8 Å². The van der Waals surface area contributed by atoms with Crippen LogP contribution in [0.25, 0.3) is 11.3 Å². The molecule has 0 N–H and O–H groups in total. The molecule has 0 spiro atoms. The van der Waals surface area contributed by atoms with Gasteiger partial charge in [0.05, 0.1) is 11.3 Å². The fourth-order valence-electron chi connectivity index (χ4n) is 2.96. The molecule has 21 heavy (non-hydrogen) atoms. The van der Waals surface area contributed by atoms with E-state index >= 15 is 0 Å². The van der Waals surface area contributed by atoms with E-state index in [1.807, 2.05) is 17.9 Å². The summed E-state index contributed by atoms with van der Waals surface area (Å²) in [5.41, 5.74) is 4.52.